The summed E-state index contributed by atoms with van der Waals surface area (Å²) in [5.41, 5.74) is 0.123. The number of likely N-dealkylation sites (tertiary alicyclic amines) is 1. The number of rotatable bonds is 5. The number of nitrogens with one attached hydrogen (secondary N) is 2. The van der Waals surface area contributed by atoms with Crippen LogP contribution in [0.4, 0.5) is 0 Å². The van der Waals surface area contributed by atoms with E-state index in [9.17, 15) is 4.79 Å². The van der Waals surface area contributed by atoms with Gasteiger partial charge in [-0.05, 0) is 32.1 Å². The SMILES string of the molecule is CCNC(=NCC1CCN(C(C)=O)CC1)NC1CC(OC)C1(C)C. The average Bonchev–Trinajstić information content (AvgIpc) is 2.56. The first-order valence-electron chi connectivity index (χ1n) is 9.21. The molecule has 1 aliphatic heterocycles. The maximum atomic E-state index is 11.4. The molecular weight excluding hydrogens is 304 g/mol. The van der Waals surface area contributed by atoms with Gasteiger partial charge in [-0.2, -0.15) is 0 Å². The highest BCUT2D eigenvalue weighted by Gasteiger charge is 2.48. The molecular formula is C18H34N4O2. The maximum Gasteiger partial charge on any atom is 0.219 e. The predicted octanol–water partition coefficient (Wildman–Crippen LogP) is 1.61. The van der Waals surface area contributed by atoms with E-state index in [0.717, 1.165) is 51.4 Å². The van der Waals surface area contributed by atoms with E-state index in [4.69, 9.17) is 9.73 Å². The van der Waals surface area contributed by atoms with Crippen molar-refractivity contribution in [3.63, 3.8) is 0 Å². The minimum absolute atomic E-state index is 0.123. The Morgan fingerprint density at radius 2 is 2.00 bits per heavy atom. The minimum atomic E-state index is 0.123. The van der Waals surface area contributed by atoms with Crippen molar-refractivity contribution in [2.45, 2.75) is 59.1 Å². The molecule has 0 bridgehead atoms. The molecule has 0 aromatic heterocycles. The molecule has 2 atom stereocenters. The Morgan fingerprint density at radius 1 is 1.33 bits per heavy atom. The van der Waals surface area contributed by atoms with Crippen molar-refractivity contribution >= 4 is 11.9 Å². The van der Waals surface area contributed by atoms with Crippen LogP contribution < -0.4 is 10.6 Å². The first-order valence-corrected chi connectivity index (χ1v) is 9.21. The highest BCUT2D eigenvalue weighted by Crippen LogP contribution is 2.42. The second-order valence-electron chi connectivity index (χ2n) is 7.65. The lowest BCUT2D eigenvalue weighted by molar-refractivity contribution is -0.130. The summed E-state index contributed by atoms with van der Waals surface area (Å²) in [7, 11) is 1.79. The quantitative estimate of drug-likeness (QED) is 0.590. The molecule has 1 saturated carbocycles. The molecule has 0 radical (unpaired) electrons. The number of piperidine rings is 1. The average molecular weight is 338 g/mol. The molecule has 0 spiro atoms. The summed E-state index contributed by atoms with van der Waals surface area (Å²) in [6.45, 7) is 11.6. The standard InChI is InChI=1S/C18H34N4O2/c1-6-19-17(21-15-11-16(24-5)18(15,3)4)20-12-14-7-9-22(10-8-14)13(2)23/h14-16H,6-12H2,1-5H3,(H2,19,20,21). The van der Waals surface area contributed by atoms with Gasteiger partial charge < -0.3 is 20.3 Å². The molecule has 1 aliphatic carbocycles. The Hall–Kier alpha value is -1.30. The third-order valence-corrected chi connectivity index (χ3v) is 5.68. The van der Waals surface area contributed by atoms with Gasteiger partial charge >= 0.3 is 0 Å². The Bertz CT molecular complexity index is 456. The fraction of sp³-hybridized carbons (Fsp3) is 0.889. The number of aliphatic imine (C=N–C) groups is 1. The molecule has 2 fully saturated rings. The molecule has 0 aromatic rings. The first-order chi connectivity index (χ1) is 11.4. The topological polar surface area (TPSA) is 66.0 Å². The molecule has 2 rings (SSSR count). The first kappa shape index (κ1) is 19.0. The van der Waals surface area contributed by atoms with Crippen molar-refractivity contribution in [3.8, 4) is 0 Å². The number of carbonyl (C=O) groups excluding carboxylic acids is 1. The molecule has 6 nitrogen and oxygen atoms in total. The smallest absolute Gasteiger partial charge is 0.219 e. The van der Waals surface area contributed by atoms with E-state index in [-0.39, 0.29) is 11.3 Å². The minimum Gasteiger partial charge on any atom is -0.381 e. The molecule has 6 heteroatoms. The van der Waals surface area contributed by atoms with Crippen LogP contribution in [0, 0.1) is 11.3 Å². The number of methoxy groups -OCH3 is 1. The normalized spacial score (nSPS) is 27.5. The summed E-state index contributed by atoms with van der Waals surface area (Å²) >= 11 is 0. The zero-order chi connectivity index (χ0) is 17.7. The van der Waals surface area contributed by atoms with Gasteiger partial charge in [0.1, 0.15) is 0 Å². The van der Waals surface area contributed by atoms with Crippen molar-refractivity contribution in [2.75, 3.05) is 33.3 Å². The van der Waals surface area contributed by atoms with Gasteiger partial charge in [-0.3, -0.25) is 9.79 Å². The van der Waals surface area contributed by atoms with Crippen molar-refractivity contribution < 1.29 is 9.53 Å². The number of nitrogens with zero attached hydrogens (tertiary/aromatic N) is 2. The van der Waals surface area contributed by atoms with Gasteiger partial charge in [0.25, 0.3) is 0 Å². The summed E-state index contributed by atoms with van der Waals surface area (Å²) < 4.78 is 5.53. The van der Waals surface area contributed by atoms with Crippen LogP contribution in [0.1, 0.15) is 47.0 Å². The van der Waals surface area contributed by atoms with E-state index in [1.54, 1.807) is 14.0 Å². The van der Waals surface area contributed by atoms with Gasteiger partial charge in [0.15, 0.2) is 5.96 Å². The summed E-state index contributed by atoms with van der Waals surface area (Å²) in [5.74, 6) is 1.66. The van der Waals surface area contributed by atoms with E-state index < -0.39 is 0 Å². The molecule has 1 saturated heterocycles. The second kappa shape index (κ2) is 8.19. The number of guanidine groups is 1. The van der Waals surface area contributed by atoms with Gasteiger partial charge in [0.05, 0.1) is 6.10 Å². The van der Waals surface area contributed by atoms with Crippen LogP contribution in [0.2, 0.25) is 0 Å². The highest BCUT2D eigenvalue weighted by molar-refractivity contribution is 5.80. The fourth-order valence-corrected chi connectivity index (χ4v) is 3.67. The monoisotopic (exact) mass is 338 g/mol. The lowest BCUT2D eigenvalue weighted by atomic mass is 9.64. The largest absolute Gasteiger partial charge is 0.381 e. The zero-order valence-electron chi connectivity index (χ0n) is 15.9. The van der Waals surface area contributed by atoms with Crippen LogP contribution in [0.3, 0.4) is 0 Å². The molecule has 24 heavy (non-hydrogen) atoms. The van der Waals surface area contributed by atoms with Gasteiger partial charge in [-0.15, -0.1) is 0 Å². The predicted molar refractivity (Wildman–Crippen MR) is 97.1 cm³/mol. The third kappa shape index (κ3) is 4.41. The number of hydrogen-bond donors (Lipinski definition) is 2. The Labute approximate surface area is 146 Å². The van der Waals surface area contributed by atoms with E-state index >= 15 is 0 Å². The molecule has 2 N–H and O–H groups in total. The van der Waals surface area contributed by atoms with Crippen LogP contribution in [0.25, 0.3) is 0 Å². The van der Waals surface area contributed by atoms with Crippen LogP contribution in [0.15, 0.2) is 4.99 Å². The lowest BCUT2D eigenvalue weighted by Crippen LogP contribution is -2.63. The second-order valence-corrected chi connectivity index (χ2v) is 7.65. The van der Waals surface area contributed by atoms with Gasteiger partial charge in [0.2, 0.25) is 5.91 Å². The van der Waals surface area contributed by atoms with Crippen LogP contribution >= 0.6 is 0 Å². The number of carbonyl (C=O) groups is 1. The van der Waals surface area contributed by atoms with Crippen molar-refractivity contribution in [3.05, 3.63) is 0 Å². The van der Waals surface area contributed by atoms with Crippen molar-refractivity contribution in [1.82, 2.24) is 15.5 Å². The molecule has 2 aliphatic rings. The van der Waals surface area contributed by atoms with Crippen molar-refractivity contribution in [2.24, 2.45) is 16.3 Å². The molecule has 138 valence electrons. The zero-order valence-corrected chi connectivity index (χ0v) is 15.9. The maximum absolute atomic E-state index is 11.4. The summed E-state index contributed by atoms with van der Waals surface area (Å²) in [6, 6.07) is 0.389. The van der Waals surface area contributed by atoms with E-state index in [1.807, 2.05) is 4.90 Å². The van der Waals surface area contributed by atoms with E-state index in [0.29, 0.717) is 18.1 Å². The molecule has 1 amide bonds. The third-order valence-electron chi connectivity index (χ3n) is 5.68. The van der Waals surface area contributed by atoms with E-state index in [2.05, 4.69) is 31.4 Å². The van der Waals surface area contributed by atoms with E-state index in [1.165, 1.54) is 0 Å². The lowest BCUT2D eigenvalue weighted by Gasteiger charge is -2.51. The van der Waals surface area contributed by atoms with Crippen LogP contribution in [-0.2, 0) is 9.53 Å². The highest BCUT2D eigenvalue weighted by atomic mass is 16.5. The number of ether oxygens (including phenoxy) is 1. The van der Waals surface area contributed by atoms with Crippen LogP contribution in [0.5, 0.6) is 0 Å². The van der Waals surface area contributed by atoms with Gasteiger partial charge in [-0.25, -0.2) is 0 Å². The Morgan fingerprint density at radius 3 is 2.50 bits per heavy atom. The van der Waals surface area contributed by atoms with Gasteiger partial charge in [-0.1, -0.05) is 13.8 Å². The Kier molecular flexibility index (Phi) is 6.49. The summed E-state index contributed by atoms with van der Waals surface area (Å²) in [6.07, 6.45) is 3.42. The Balaban J connectivity index is 1.84. The molecule has 0 aromatic carbocycles. The number of hydrogen-bond acceptors (Lipinski definition) is 3. The van der Waals surface area contributed by atoms with Crippen LogP contribution in [-0.4, -0.2) is 62.2 Å². The van der Waals surface area contributed by atoms with Crippen molar-refractivity contribution in [1.29, 1.82) is 0 Å². The number of amides is 1. The fourth-order valence-electron chi connectivity index (χ4n) is 3.67. The molecule has 1 heterocycles. The molecule has 2 unspecified atom stereocenters. The summed E-state index contributed by atoms with van der Waals surface area (Å²) in [4.78, 5) is 18.1. The van der Waals surface area contributed by atoms with Gasteiger partial charge in [0, 0.05) is 51.7 Å². The summed E-state index contributed by atoms with van der Waals surface area (Å²) in [5, 5.41) is 6.92.